The van der Waals surface area contributed by atoms with E-state index in [-0.39, 0.29) is 0 Å². The Kier molecular flexibility index (Phi) is 6.08. The van der Waals surface area contributed by atoms with Crippen LogP contribution in [0.25, 0.3) is 0 Å². The SMILES string of the molecule is C=CCC(C=C)=CC=C(C)CC. The molecule has 0 saturated heterocycles. The highest BCUT2D eigenvalue weighted by atomic mass is 13.9. The van der Waals surface area contributed by atoms with Crippen molar-refractivity contribution in [1.29, 1.82) is 0 Å². The smallest absolute Gasteiger partial charge is 0.0100 e. The third-order valence-corrected chi connectivity index (χ3v) is 1.78. The Hall–Kier alpha value is -1.04. The zero-order valence-corrected chi connectivity index (χ0v) is 8.14. The minimum Gasteiger partial charge on any atom is -0.103 e. The van der Waals surface area contributed by atoms with Gasteiger partial charge in [-0.25, -0.2) is 0 Å². The van der Waals surface area contributed by atoms with Crippen molar-refractivity contribution in [1.82, 2.24) is 0 Å². The Morgan fingerprint density at radius 3 is 2.33 bits per heavy atom. The van der Waals surface area contributed by atoms with Gasteiger partial charge >= 0.3 is 0 Å². The molecule has 0 saturated carbocycles. The van der Waals surface area contributed by atoms with Crippen molar-refractivity contribution in [2.45, 2.75) is 26.7 Å². The van der Waals surface area contributed by atoms with Gasteiger partial charge in [0.1, 0.15) is 0 Å². The number of hydrogen-bond donors (Lipinski definition) is 0. The Bertz CT molecular complexity index is 204. The van der Waals surface area contributed by atoms with Crippen LogP contribution in [0.3, 0.4) is 0 Å². The second kappa shape index (κ2) is 6.66. The average molecular weight is 162 g/mol. The van der Waals surface area contributed by atoms with Gasteiger partial charge in [-0.3, -0.25) is 0 Å². The lowest BCUT2D eigenvalue weighted by atomic mass is 10.1. The third kappa shape index (κ3) is 4.73. The second-order valence-electron chi connectivity index (χ2n) is 2.81. The van der Waals surface area contributed by atoms with E-state index in [2.05, 4.69) is 39.2 Å². The molecule has 0 fully saturated rings. The molecule has 0 amide bonds. The molecule has 66 valence electrons. The topological polar surface area (TPSA) is 0 Å². The van der Waals surface area contributed by atoms with Crippen LogP contribution in [0.5, 0.6) is 0 Å². The fourth-order valence-corrected chi connectivity index (χ4v) is 0.753. The molecule has 0 radical (unpaired) electrons. The lowest BCUT2D eigenvalue weighted by molar-refractivity contribution is 1.10. The van der Waals surface area contributed by atoms with E-state index in [0.29, 0.717) is 0 Å². The summed E-state index contributed by atoms with van der Waals surface area (Å²) >= 11 is 0. The summed E-state index contributed by atoms with van der Waals surface area (Å²) < 4.78 is 0. The molecule has 0 aliphatic carbocycles. The van der Waals surface area contributed by atoms with Crippen LogP contribution in [0, 0.1) is 0 Å². The highest BCUT2D eigenvalue weighted by molar-refractivity contribution is 5.25. The fourth-order valence-electron chi connectivity index (χ4n) is 0.753. The summed E-state index contributed by atoms with van der Waals surface area (Å²) in [5.41, 5.74) is 2.61. The molecule has 0 aliphatic rings. The lowest BCUT2D eigenvalue weighted by Crippen LogP contribution is -1.74. The molecule has 0 nitrogen and oxygen atoms in total. The van der Waals surface area contributed by atoms with Gasteiger partial charge < -0.3 is 0 Å². The second-order valence-corrected chi connectivity index (χ2v) is 2.81. The van der Waals surface area contributed by atoms with Crippen molar-refractivity contribution in [3.63, 3.8) is 0 Å². The van der Waals surface area contributed by atoms with Crippen LogP contribution < -0.4 is 0 Å². The van der Waals surface area contributed by atoms with Gasteiger partial charge in [-0.15, -0.1) is 6.58 Å². The summed E-state index contributed by atoms with van der Waals surface area (Å²) in [6.07, 6.45) is 10.0. The van der Waals surface area contributed by atoms with Gasteiger partial charge in [0.2, 0.25) is 0 Å². The summed E-state index contributed by atoms with van der Waals surface area (Å²) in [5.74, 6) is 0. The number of allylic oxidation sites excluding steroid dienone is 6. The third-order valence-electron chi connectivity index (χ3n) is 1.78. The van der Waals surface area contributed by atoms with E-state index in [1.54, 1.807) is 0 Å². The maximum absolute atomic E-state index is 3.74. The van der Waals surface area contributed by atoms with Crippen molar-refractivity contribution in [3.8, 4) is 0 Å². The highest BCUT2D eigenvalue weighted by Gasteiger charge is 1.85. The Morgan fingerprint density at radius 1 is 1.25 bits per heavy atom. The van der Waals surface area contributed by atoms with Crippen LogP contribution in [0.15, 0.2) is 48.6 Å². The molecule has 0 atom stereocenters. The van der Waals surface area contributed by atoms with E-state index >= 15 is 0 Å². The van der Waals surface area contributed by atoms with Crippen molar-refractivity contribution >= 4 is 0 Å². The average Bonchev–Trinajstić information content (AvgIpc) is 2.11. The molecule has 0 aromatic heterocycles. The summed E-state index contributed by atoms with van der Waals surface area (Å²) in [6.45, 7) is 11.7. The Balaban J connectivity index is 4.28. The molecule has 0 spiro atoms. The van der Waals surface area contributed by atoms with E-state index in [0.717, 1.165) is 12.8 Å². The minimum absolute atomic E-state index is 0.900. The normalized spacial score (nSPS) is 12.8. The molecule has 0 unspecified atom stereocenters. The fraction of sp³-hybridized carbons (Fsp3) is 0.333. The molecular weight excluding hydrogens is 144 g/mol. The van der Waals surface area contributed by atoms with Crippen LogP contribution in [0.4, 0.5) is 0 Å². The van der Waals surface area contributed by atoms with Crippen LogP contribution in [0.2, 0.25) is 0 Å². The van der Waals surface area contributed by atoms with Gasteiger partial charge in [-0.05, 0) is 25.3 Å². The number of rotatable bonds is 5. The van der Waals surface area contributed by atoms with E-state index in [1.165, 1.54) is 11.1 Å². The predicted octanol–water partition coefficient (Wildman–Crippen LogP) is 4.03. The van der Waals surface area contributed by atoms with E-state index in [1.807, 2.05) is 12.2 Å². The van der Waals surface area contributed by atoms with Gasteiger partial charge in [0, 0.05) is 0 Å². The van der Waals surface area contributed by atoms with Gasteiger partial charge in [-0.1, -0.05) is 43.4 Å². The molecular formula is C12H18. The van der Waals surface area contributed by atoms with Gasteiger partial charge in [0.15, 0.2) is 0 Å². The highest BCUT2D eigenvalue weighted by Crippen LogP contribution is 2.05. The van der Waals surface area contributed by atoms with Gasteiger partial charge in [0.05, 0.1) is 0 Å². The largest absolute Gasteiger partial charge is 0.103 e. The van der Waals surface area contributed by atoms with E-state index in [4.69, 9.17) is 0 Å². The molecule has 0 heterocycles. The van der Waals surface area contributed by atoms with Crippen LogP contribution in [-0.4, -0.2) is 0 Å². The minimum atomic E-state index is 0.900. The van der Waals surface area contributed by atoms with Crippen LogP contribution in [0.1, 0.15) is 26.7 Å². The lowest BCUT2D eigenvalue weighted by Gasteiger charge is -1.95. The summed E-state index contributed by atoms with van der Waals surface area (Å²) in [4.78, 5) is 0. The molecule has 0 heteroatoms. The van der Waals surface area contributed by atoms with Gasteiger partial charge in [-0.2, -0.15) is 0 Å². The Labute approximate surface area is 76.0 Å². The quantitative estimate of drug-likeness (QED) is 0.423. The molecule has 0 aliphatic heterocycles. The molecule has 0 aromatic carbocycles. The monoisotopic (exact) mass is 162 g/mol. The van der Waals surface area contributed by atoms with Gasteiger partial charge in [0.25, 0.3) is 0 Å². The molecule has 0 rings (SSSR count). The standard InChI is InChI=1S/C12H18/c1-5-8-12(7-3)10-9-11(4)6-2/h5,7,9-10H,1,3,6,8H2,2,4H3. The molecule has 12 heavy (non-hydrogen) atoms. The Morgan fingerprint density at radius 2 is 1.92 bits per heavy atom. The summed E-state index contributed by atoms with van der Waals surface area (Å²) in [7, 11) is 0. The van der Waals surface area contributed by atoms with Crippen molar-refractivity contribution in [2.75, 3.05) is 0 Å². The molecule has 0 N–H and O–H groups in total. The first-order valence-electron chi connectivity index (χ1n) is 4.34. The molecule has 0 bridgehead atoms. The van der Waals surface area contributed by atoms with Crippen LogP contribution >= 0.6 is 0 Å². The maximum atomic E-state index is 3.74. The predicted molar refractivity (Wildman–Crippen MR) is 57.1 cm³/mol. The summed E-state index contributed by atoms with van der Waals surface area (Å²) in [6, 6.07) is 0. The first-order valence-corrected chi connectivity index (χ1v) is 4.34. The first kappa shape index (κ1) is 11.0. The van der Waals surface area contributed by atoms with Crippen molar-refractivity contribution in [3.05, 3.63) is 48.6 Å². The van der Waals surface area contributed by atoms with Crippen molar-refractivity contribution < 1.29 is 0 Å². The maximum Gasteiger partial charge on any atom is -0.0100 e. The van der Waals surface area contributed by atoms with E-state index < -0.39 is 0 Å². The zero-order chi connectivity index (χ0) is 9.40. The van der Waals surface area contributed by atoms with E-state index in [9.17, 15) is 0 Å². The van der Waals surface area contributed by atoms with Crippen LogP contribution in [-0.2, 0) is 0 Å². The van der Waals surface area contributed by atoms with Crippen molar-refractivity contribution in [2.24, 2.45) is 0 Å². The molecule has 0 aromatic rings. The first-order chi connectivity index (χ1) is 5.74. The zero-order valence-electron chi connectivity index (χ0n) is 8.14. The number of hydrogen-bond acceptors (Lipinski definition) is 0. The summed E-state index contributed by atoms with van der Waals surface area (Å²) in [5, 5.41) is 0.